The van der Waals surface area contributed by atoms with E-state index in [0.717, 1.165) is 54.6 Å². The maximum absolute atomic E-state index is 9.61. The summed E-state index contributed by atoms with van der Waals surface area (Å²) in [5, 5.41) is 18.6. The predicted molar refractivity (Wildman–Crippen MR) is 246 cm³/mol. The van der Waals surface area contributed by atoms with Crippen LogP contribution in [0.15, 0.2) is 194 Å². The molecule has 0 radical (unpaired) electrons. The molecule has 12 rings (SSSR count). The van der Waals surface area contributed by atoms with Gasteiger partial charge in [0, 0.05) is 16.7 Å². The van der Waals surface area contributed by atoms with Crippen LogP contribution in [0.25, 0.3) is 122 Å². The van der Waals surface area contributed by atoms with E-state index < -0.39 is 0 Å². The fourth-order valence-electron chi connectivity index (χ4n) is 9.41. The van der Waals surface area contributed by atoms with E-state index in [1.54, 1.807) is 0 Å². The predicted octanol–water partition coefficient (Wildman–Crippen LogP) is 14.3. The number of nitrogens with zero attached hydrogens (tertiary/aromatic N) is 4. The lowest BCUT2D eigenvalue weighted by Crippen LogP contribution is -2.01. The third kappa shape index (κ3) is 5.20. The molecular formula is C56H32N4. The van der Waals surface area contributed by atoms with Crippen LogP contribution in [0.1, 0.15) is 5.56 Å². The van der Waals surface area contributed by atoms with Crippen LogP contribution in [0.2, 0.25) is 0 Å². The number of fused-ring (bicyclic) bond motifs is 6. The Morgan fingerprint density at radius 1 is 0.317 bits per heavy atom. The van der Waals surface area contributed by atoms with Crippen molar-refractivity contribution in [1.29, 1.82) is 5.26 Å². The molecule has 1 heterocycles. The van der Waals surface area contributed by atoms with E-state index in [0.29, 0.717) is 23.0 Å². The average Bonchev–Trinajstić information content (AvgIpc) is 3.65. The van der Waals surface area contributed by atoms with Crippen LogP contribution in [0, 0.1) is 11.3 Å². The number of nitriles is 1. The maximum atomic E-state index is 9.61. The number of aromatic nitrogens is 3. The summed E-state index contributed by atoms with van der Waals surface area (Å²) in [7, 11) is 0. The van der Waals surface area contributed by atoms with Gasteiger partial charge in [0.25, 0.3) is 0 Å². The minimum atomic E-state index is 0.632. The molecule has 4 nitrogen and oxygen atoms in total. The number of benzene rings is 10. The fraction of sp³-hybridized carbons (Fsp3) is 0. The molecule has 1 aliphatic rings. The Balaban J connectivity index is 1.18. The highest BCUT2D eigenvalue weighted by molar-refractivity contribution is 6.28. The van der Waals surface area contributed by atoms with Crippen LogP contribution in [0.3, 0.4) is 0 Å². The smallest absolute Gasteiger partial charge is 0.165 e. The standard InChI is InChI=1S/C56H32N4/c57-33-34-23-24-38-32-39(26-25-37(38)31-34)40-27-28-47-41-17-7-8-18-42(41)48-29-30-49(51(40)52(47)48)50-43-19-9-11-21-45(43)53(46-22-12-10-20-44(46)50)56-59-54(35-13-3-1-4-14-35)58-55(60-56)36-15-5-2-6-16-36/h1-32H. The first-order chi connectivity index (χ1) is 29.7. The minimum Gasteiger partial charge on any atom is -0.208 e. The first-order valence-corrected chi connectivity index (χ1v) is 20.2. The van der Waals surface area contributed by atoms with Crippen molar-refractivity contribution >= 4 is 43.1 Å². The number of hydrogen-bond donors (Lipinski definition) is 0. The van der Waals surface area contributed by atoms with Crippen LogP contribution < -0.4 is 0 Å². The highest BCUT2D eigenvalue weighted by Crippen LogP contribution is 2.54. The van der Waals surface area contributed by atoms with Gasteiger partial charge in [0.1, 0.15) is 0 Å². The Hall–Kier alpha value is -8.26. The average molecular weight is 761 g/mol. The van der Waals surface area contributed by atoms with E-state index in [9.17, 15) is 5.26 Å². The zero-order valence-corrected chi connectivity index (χ0v) is 32.3. The first-order valence-electron chi connectivity index (χ1n) is 20.2. The van der Waals surface area contributed by atoms with Gasteiger partial charge < -0.3 is 0 Å². The van der Waals surface area contributed by atoms with E-state index in [1.807, 2.05) is 48.5 Å². The molecule has 0 saturated carbocycles. The van der Waals surface area contributed by atoms with E-state index >= 15 is 0 Å². The monoisotopic (exact) mass is 760 g/mol. The SMILES string of the molecule is N#Cc1ccc2cc(-c3ccc4c5c(ccc(-c6c7ccccc7c(-c7nc(-c8ccccc8)nc(-c8ccccc8)n7)c7ccccc67)c35)-c3ccccc3-4)ccc2c1. The number of rotatable bonds is 5. The summed E-state index contributed by atoms with van der Waals surface area (Å²) in [4.78, 5) is 15.5. The van der Waals surface area contributed by atoms with Gasteiger partial charge in [-0.05, 0) is 106 Å². The second-order valence-corrected chi connectivity index (χ2v) is 15.4. The summed E-state index contributed by atoms with van der Waals surface area (Å²) < 4.78 is 0. The zero-order valence-electron chi connectivity index (χ0n) is 32.3. The van der Waals surface area contributed by atoms with Crippen molar-refractivity contribution in [2.24, 2.45) is 0 Å². The molecule has 0 bridgehead atoms. The molecule has 0 amide bonds. The zero-order chi connectivity index (χ0) is 39.7. The Morgan fingerprint density at radius 3 is 1.35 bits per heavy atom. The van der Waals surface area contributed by atoms with Crippen molar-refractivity contribution in [1.82, 2.24) is 15.0 Å². The van der Waals surface area contributed by atoms with E-state index in [1.165, 1.54) is 49.7 Å². The fourth-order valence-corrected chi connectivity index (χ4v) is 9.41. The molecule has 1 aliphatic carbocycles. The number of hydrogen-bond acceptors (Lipinski definition) is 4. The summed E-state index contributed by atoms with van der Waals surface area (Å²) in [6.45, 7) is 0. The summed E-state index contributed by atoms with van der Waals surface area (Å²) in [6, 6.07) is 70.6. The van der Waals surface area contributed by atoms with Crippen LogP contribution in [0.5, 0.6) is 0 Å². The first kappa shape index (κ1) is 33.8. The topological polar surface area (TPSA) is 62.5 Å². The normalized spacial score (nSPS) is 11.7. The lowest BCUT2D eigenvalue weighted by Gasteiger charge is -2.20. The highest BCUT2D eigenvalue weighted by Gasteiger charge is 2.27. The molecule has 0 unspecified atom stereocenters. The van der Waals surface area contributed by atoms with Gasteiger partial charge in [0.05, 0.1) is 11.6 Å². The lowest BCUT2D eigenvalue weighted by molar-refractivity contribution is 1.08. The maximum Gasteiger partial charge on any atom is 0.165 e. The molecule has 0 N–H and O–H groups in total. The summed E-state index contributed by atoms with van der Waals surface area (Å²) in [6.07, 6.45) is 0. The Labute approximate surface area is 346 Å². The van der Waals surface area contributed by atoms with E-state index in [4.69, 9.17) is 15.0 Å². The Morgan fingerprint density at radius 2 is 0.767 bits per heavy atom. The molecule has 276 valence electrons. The summed E-state index contributed by atoms with van der Waals surface area (Å²) in [5.74, 6) is 1.90. The molecule has 0 fully saturated rings. The third-order valence-electron chi connectivity index (χ3n) is 12.1. The molecule has 0 spiro atoms. The van der Waals surface area contributed by atoms with Crippen molar-refractivity contribution in [2.75, 3.05) is 0 Å². The molecule has 0 saturated heterocycles. The van der Waals surface area contributed by atoms with Crippen molar-refractivity contribution in [3.05, 3.63) is 200 Å². The molecule has 11 aromatic rings. The van der Waals surface area contributed by atoms with E-state index in [-0.39, 0.29) is 0 Å². The van der Waals surface area contributed by atoms with Gasteiger partial charge in [0.2, 0.25) is 0 Å². The molecule has 0 aliphatic heterocycles. The van der Waals surface area contributed by atoms with Crippen LogP contribution in [0.4, 0.5) is 0 Å². The van der Waals surface area contributed by atoms with Gasteiger partial charge in [-0.25, -0.2) is 15.0 Å². The molecule has 1 aromatic heterocycles. The summed E-state index contributed by atoms with van der Waals surface area (Å²) in [5.41, 5.74) is 13.2. The molecule has 0 atom stereocenters. The minimum absolute atomic E-state index is 0.632. The lowest BCUT2D eigenvalue weighted by atomic mass is 9.83. The molecule has 4 heteroatoms. The van der Waals surface area contributed by atoms with Gasteiger partial charge in [-0.3, -0.25) is 0 Å². The highest BCUT2D eigenvalue weighted by atomic mass is 15.0. The van der Waals surface area contributed by atoms with Gasteiger partial charge in [0.15, 0.2) is 17.5 Å². The van der Waals surface area contributed by atoms with Gasteiger partial charge in [-0.2, -0.15) is 5.26 Å². The Bertz CT molecular complexity index is 3460. The largest absolute Gasteiger partial charge is 0.208 e. The van der Waals surface area contributed by atoms with Crippen molar-refractivity contribution < 1.29 is 0 Å². The van der Waals surface area contributed by atoms with Gasteiger partial charge >= 0.3 is 0 Å². The summed E-state index contributed by atoms with van der Waals surface area (Å²) >= 11 is 0. The van der Waals surface area contributed by atoms with Crippen LogP contribution in [-0.4, -0.2) is 15.0 Å². The molecular weight excluding hydrogens is 729 g/mol. The third-order valence-corrected chi connectivity index (χ3v) is 12.1. The van der Waals surface area contributed by atoms with Gasteiger partial charge in [-0.15, -0.1) is 0 Å². The molecule has 60 heavy (non-hydrogen) atoms. The van der Waals surface area contributed by atoms with Crippen molar-refractivity contribution in [3.63, 3.8) is 0 Å². The van der Waals surface area contributed by atoms with Crippen LogP contribution >= 0.6 is 0 Å². The second kappa shape index (κ2) is 13.4. The Kier molecular flexibility index (Phi) is 7.57. The van der Waals surface area contributed by atoms with Crippen molar-refractivity contribution in [2.45, 2.75) is 0 Å². The molecule has 10 aromatic carbocycles. The second-order valence-electron chi connectivity index (χ2n) is 15.4. The van der Waals surface area contributed by atoms with Crippen LogP contribution in [-0.2, 0) is 0 Å². The quantitative estimate of drug-likeness (QED) is 0.164. The van der Waals surface area contributed by atoms with E-state index in [2.05, 4.69) is 152 Å². The van der Waals surface area contributed by atoms with Gasteiger partial charge in [-0.1, -0.05) is 176 Å². The van der Waals surface area contributed by atoms with Crippen molar-refractivity contribution in [3.8, 4) is 84.7 Å².